The van der Waals surface area contributed by atoms with Crippen molar-refractivity contribution in [1.29, 1.82) is 0 Å². The minimum atomic E-state index is -3.44. The molecule has 0 radical (unpaired) electrons. The number of nitrogens with zero attached hydrogens (tertiary/aromatic N) is 7. The van der Waals surface area contributed by atoms with Gasteiger partial charge in [-0.1, -0.05) is 0 Å². The zero-order chi connectivity index (χ0) is 22.1. The number of ether oxygens (including phenoxy) is 1. The van der Waals surface area contributed by atoms with E-state index in [1.807, 2.05) is 6.07 Å². The summed E-state index contributed by atoms with van der Waals surface area (Å²) in [4.78, 5) is 17.7. The van der Waals surface area contributed by atoms with Gasteiger partial charge in [-0.05, 0) is 32.8 Å². The first-order valence-corrected chi connectivity index (χ1v) is 11.7. The lowest BCUT2D eigenvalue weighted by atomic mass is 10.1. The first-order chi connectivity index (χ1) is 15.3. The minimum Gasteiger partial charge on any atom is -0.462 e. The number of anilines is 2. The van der Waals surface area contributed by atoms with Gasteiger partial charge in [-0.25, -0.2) is 23.4 Å². The Morgan fingerprint density at radius 3 is 2.81 bits per heavy atom. The summed E-state index contributed by atoms with van der Waals surface area (Å²) in [6, 6.07) is 4.21. The van der Waals surface area contributed by atoms with E-state index in [4.69, 9.17) is 4.74 Å². The molecule has 1 aliphatic carbocycles. The van der Waals surface area contributed by atoms with E-state index in [0.717, 1.165) is 15.1 Å². The maximum Gasteiger partial charge on any atom is 0.298 e. The van der Waals surface area contributed by atoms with Gasteiger partial charge in [0.2, 0.25) is 0 Å². The highest BCUT2D eigenvalue weighted by Crippen LogP contribution is 2.36. The van der Waals surface area contributed by atoms with Crippen LogP contribution < -0.4 is 10.1 Å². The van der Waals surface area contributed by atoms with Crippen molar-refractivity contribution in [1.82, 2.24) is 33.7 Å². The maximum atomic E-state index is 12.4. The van der Waals surface area contributed by atoms with E-state index >= 15 is 0 Å². The van der Waals surface area contributed by atoms with Gasteiger partial charge in [-0.15, -0.1) is 0 Å². The van der Waals surface area contributed by atoms with Crippen LogP contribution in [0.3, 0.4) is 0 Å². The predicted octanol–water partition coefficient (Wildman–Crippen LogP) is 2.30. The van der Waals surface area contributed by atoms with Crippen molar-refractivity contribution < 1.29 is 13.2 Å². The molecule has 4 aromatic rings. The van der Waals surface area contributed by atoms with Gasteiger partial charge in [-0.2, -0.15) is 14.2 Å². The van der Waals surface area contributed by atoms with Crippen LogP contribution in [0.5, 0.6) is 6.01 Å². The Labute approximate surface area is 183 Å². The quantitative estimate of drug-likeness (QED) is 0.485. The number of imidazole rings is 1. The van der Waals surface area contributed by atoms with Crippen LogP contribution in [0.2, 0.25) is 0 Å². The van der Waals surface area contributed by atoms with Crippen molar-refractivity contribution in [3.05, 3.63) is 36.9 Å². The van der Waals surface area contributed by atoms with Crippen LogP contribution in [-0.4, -0.2) is 54.0 Å². The SMILES string of the molecule is CC1(C)COc2nc3cnc(Nc4ccnc(-c5cnn(S(=O)(=O)C6CC6)c5)n4)cc3n21. The van der Waals surface area contributed by atoms with E-state index in [1.165, 1.54) is 12.4 Å². The molecule has 2 aliphatic rings. The lowest BCUT2D eigenvalue weighted by molar-refractivity contribution is 0.269. The topological polar surface area (TPSA) is 130 Å². The second-order valence-electron chi connectivity index (χ2n) is 8.63. The number of hydrogen-bond acceptors (Lipinski definition) is 9. The smallest absolute Gasteiger partial charge is 0.298 e. The van der Waals surface area contributed by atoms with Gasteiger partial charge in [0.05, 0.1) is 40.5 Å². The average Bonchev–Trinajstić information content (AvgIpc) is 3.27. The molecule has 0 unspecified atom stereocenters. The molecule has 1 N–H and O–H groups in total. The molecule has 164 valence electrons. The molecule has 4 aromatic heterocycles. The van der Waals surface area contributed by atoms with E-state index in [0.29, 0.717) is 48.5 Å². The molecule has 6 rings (SSSR count). The number of aromatic nitrogens is 7. The second kappa shape index (κ2) is 6.48. The Balaban J connectivity index is 1.30. The van der Waals surface area contributed by atoms with Crippen LogP contribution in [0.25, 0.3) is 22.4 Å². The molecule has 0 saturated heterocycles. The Hall–Kier alpha value is -3.54. The molecule has 0 amide bonds. The molecule has 1 aliphatic heterocycles. The summed E-state index contributed by atoms with van der Waals surface area (Å²) in [6.07, 6.45) is 7.55. The molecule has 0 atom stereocenters. The highest BCUT2D eigenvalue weighted by atomic mass is 32.2. The van der Waals surface area contributed by atoms with Gasteiger partial charge in [0, 0.05) is 12.3 Å². The molecule has 12 heteroatoms. The molecular formula is C20H20N8O3S. The largest absolute Gasteiger partial charge is 0.462 e. The van der Waals surface area contributed by atoms with Crippen molar-refractivity contribution in [3.8, 4) is 17.4 Å². The summed E-state index contributed by atoms with van der Waals surface area (Å²) in [5, 5.41) is 6.86. The van der Waals surface area contributed by atoms with Crippen molar-refractivity contribution >= 4 is 32.7 Å². The number of hydrogen-bond donors (Lipinski definition) is 1. The lowest BCUT2D eigenvalue weighted by Crippen LogP contribution is -2.25. The summed E-state index contributed by atoms with van der Waals surface area (Å²) in [5.74, 6) is 1.49. The van der Waals surface area contributed by atoms with Crippen LogP contribution in [0, 0.1) is 0 Å². The van der Waals surface area contributed by atoms with E-state index in [9.17, 15) is 8.42 Å². The lowest BCUT2D eigenvalue weighted by Gasteiger charge is -2.18. The minimum absolute atomic E-state index is 0.203. The Bertz CT molecular complexity index is 1470. The monoisotopic (exact) mass is 452 g/mol. The Morgan fingerprint density at radius 2 is 2.00 bits per heavy atom. The zero-order valence-electron chi connectivity index (χ0n) is 17.4. The van der Waals surface area contributed by atoms with Gasteiger partial charge in [0.25, 0.3) is 16.0 Å². The summed E-state index contributed by atoms with van der Waals surface area (Å²) in [7, 11) is -3.44. The van der Waals surface area contributed by atoms with Gasteiger partial charge in [-0.3, -0.25) is 4.57 Å². The molecular weight excluding hydrogens is 432 g/mol. The van der Waals surface area contributed by atoms with Crippen molar-refractivity contribution in [2.45, 2.75) is 37.5 Å². The van der Waals surface area contributed by atoms with E-state index in [1.54, 1.807) is 18.5 Å². The highest BCUT2D eigenvalue weighted by molar-refractivity contribution is 7.90. The zero-order valence-corrected chi connectivity index (χ0v) is 18.2. The molecule has 11 nitrogen and oxygen atoms in total. The standard InChI is InChI=1S/C20H20N8O3S/c1-20(2)11-31-19-24-14-9-22-17(7-15(14)28(19)20)25-16-5-6-21-18(26-16)12-8-23-27(10-12)32(29,30)13-3-4-13/h5-10,13H,3-4,11H2,1-2H3,(H,21,22,25,26). The van der Waals surface area contributed by atoms with Crippen LogP contribution in [0.4, 0.5) is 11.6 Å². The predicted molar refractivity (Wildman–Crippen MR) is 116 cm³/mol. The third-order valence-corrected chi connectivity index (χ3v) is 7.64. The van der Waals surface area contributed by atoms with Crippen molar-refractivity contribution in [3.63, 3.8) is 0 Å². The fraction of sp³-hybridized carbons (Fsp3) is 0.350. The van der Waals surface area contributed by atoms with Crippen LogP contribution in [0.1, 0.15) is 26.7 Å². The normalized spacial score (nSPS) is 17.3. The van der Waals surface area contributed by atoms with Gasteiger partial charge < -0.3 is 10.1 Å². The van der Waals surface area contributed by atoms with E-state index in [-0.39, 0.29) is 10.8 Å². The van der Waals surface area contributed by atoms with Crippen LogP contribution in [-0.2, 0) is 15.6 Å². The van der Waals surface area contributed by atoms with E-state index in [2.05, 4.69) is 48.8 Å². The molecule has 0 spiro atoms. The Morgan fingerprint density at radius 1 is 1.16 bits per heavy atom. The average molecular weight is 453 g/mol. The van der Waals surface area contributed by atoms with Crippen LogP contribution >= 0.6 is 0 Å². The van der Waals surface area contributed by atoms with Gasteiger partial charge >= 0.3 is 0 Å². The van der Waals surface area contributed by atoms with Crippen molar-refractivity contribution in [2.75, 3.05) is 11.9 Å². The molecule has 1 fully saturated rings. The number of rotatable bonds is 5. The number of pyridine rings is 1. The van der Waals surface area contributed by atoms with Gasteiger partial charge in [0.15, 0.2) is 5.82 Å². The van der Waals surface area contributed by atoms with Crippen LogP contribution in [0.15, 0.2) is 36.9 Å². The first kappa shape index (κ1) is 19.2. The second-order valence-corrected chi connectivity index (χ2v) is 10.7. The molecule has 0 bridgehead atoms. The number of nitrogens with one attached hydrogen (secondary N) is 1. The number of fused-ring (bicyclic) bond motifs is 3. The Kier molecular flexibility index (Phi) is 3.88. The summed E-state index contributed by atoms with van der Waals surface area (Å²) < 4.78 is 33.5. The molecule has 0 aromatic carbocycles. The molecule has 32 heavy (non-hydrogen) atoms. The summed E-state index contributed by atoms with van der Waals surface area (Å²) in [6.45, 7) is 4.76. The summed E-state index contributed by atoms with van der Waals surface area (Å²) >= 11 is 0. The third kappa shape index (κ3) is 3.01. The fourth-order valence-electron chi connectivity index (χ4n) is 3.79. The molecule has 5 heterocycles. The highest BCUT2D eigenvalue weighted by Gasteiger charge is 2.38. The first-order valence-electron chi connectivity index (χ1n) is 10.2. The van der Waals surface area contributed by atoms with Crippen molar-refractivity contribution in [2.24, 2.45) is 0 Å². The third-order valence-electron chi connectivity index (χ3n) is 5.61. The maximum absolute atomic E-state index is 12.4. The van der Waals surface area contributed by atoms with E-state index < -0.39 is 10.0 Å². The molecule has 1 saturated carbocycles. The fourth-order valence-corrected chi connectivity index (χ4v) is 5.27. The van der Waals surface area contributed by atoms with Gasteiger partial charge in [0.1, 0.15) is 23.8 Å². The summed E-state index contributed by atoms with van der Waals surface area (Å²) in [5.41, 5.74) is 1.99.